The average Bonchev–Trinajstić information content (AvgIpc) is 2.26. The van der Waals surface area contributed by atoms with Crippen molar-refractivity contribution in [2.75, 3.05) is 6.26 Å². The maximum atomic E-state index is 11.7. The van der Waals surface area contributed by atoms with Crippen LogP contribution in [0.4, 0.5) is 0 Å². The van der Waals surface area contributed by atoms with Gasteiger partial charge in [0.05, 0.1) is 5.04 Å². The third-order valence-electron chi connectivity index (χ3n) is 2.80. The van der Waals surface area contributed by atoms with E-state index in [1.54, 1.807) is 13.2 Å². The van der Waals surface area contributed by atoms with E-state index >= 15 is 0 Å². The fourth-order valence-electron chi connectivity index (χ4n) is 1.89. The smallest absolute Gasteiger partial charge is 0.151 e. The molecule has 0 bridgehead atoms. The lowest BCUT2D eigenvalue weighted by Crippen LogP contribution is -2.40. The number of halogens is 1. The number of nitrogens with one attached hydrogen (secondary N) is 1. The van der Waals surface area contributed by atoms with Gasteiger partial charge in [0, 0.05) is 25.2 Å². The summed E-state index contributed by atoms with van der Waals surface area (Å²) < 4.78 is 0. The standard InChI is InChI=1S/C11H15NO3S.ClH/c1-3-7(13)10-8(14)4-6(5-9(10)15)11(12)16-2;/h6,10,12H,3-5H2,1-2H3;1H. The molecule has 96 valence electrons. The number of ketones is 3. The Balaban J connectivity index is 0.00000256. The largest absolute Gasteiger partial charge is 0.298 e. The molecule has 0 heterocycles. The van der Waals surface area contributed by atoms with Crippen molar-refractivity contribution in [2.45, 2.75) is 26.2 Å². The van der Waals surface area contributed by atoms with Gasteiger partial charge in [0.1, 0.15) is 5.92 Å². The Morgan fingerprint density at radius 3 is 2.18 bits per heavy atom. The lowest BCUT2D eigenvalue weighted by atomic mass is 9.78. The Hall–Kier alpha value is -0.680. The van der Waals surface area contributed by atoms with Crippen molar-refractivity contribution in [3.8, 4) is 0 Å². The van der Waals surface area contributed by atoms with Gasteiger partial charge in [-0.05, 0) is 6.26 Å². The molecule has 4 nitrogen and oxygen atoms in total. The first-order valence-corrected chi connectivity index (χ1v) is 6.44. The number of hydrogen-bond donors (Lipinski definition) is 1. The van der Waals surface area contributed by atoms with Gasteiger partial charge in [-0.1, -0.05) is 6.92 Å². The van der Waals surface area contributed by atoms with Crippen molar-refractivity contribution < 1.29 is 14.4 Å². The molecule has 1 rings (SSSR count). The predicted octanol–water partition coefficient (Wildman–Crippen LogP) is 1.89. The molecule has 0 aromatic heterocycles. The second-order valence-corrected chi connectivity index (χ2v) is 4.71. The summed E-state index contributed by atoms with van der Waals surface area (Å²) in [6.45, 7) is 1.65. The highest BCUT2D eigenvalue weighted by atomic mass is 35.5. The Labute approximate surface area is 111 Å². The van der Waals surface area contributed by atoms with Crippen LogP contribution in [0.1, 0.15) is 26.2 Å². The fraction of sp³-hybridized carbons (Fsp3) is 0.636. The highest BCUT2D eigenvalue weighted by molar-refractivity contribution is 8.13. The minimum absolute atomic E-state index is 0. The van der Waals surface area contributed by atoms with E-state index in [1.807, 2.05) is 0 Å². The van der Waals surface area contributed by atoms with Crippen LogP contribution in [0.3, 0.4) is 0 Å². The van der Waals surface area contributed by atoms with Crippen molar-refractivity contribution in [3.63, 3.8) is 0 Å². The maximum Gasteiger partial charge on any atom is 0.151 e. The van der Waals surface area contributed by atoms with Crippen LogP contribution in [-0.4, -0.2) is 28.6 Å². The maximum absolute atomic E-state index is 11.7. The normalized spacial score (nSPS) is 24.1. The average molecular weight is 278 g/mol. The second-order valence-electron chi connectivity index (χ2n) is 3.86. The van der Waals surface area contributed by atoms with Crippen molar-refractivity contribution >= 4 is 46.6 Å². The molecular formula is C11H16ClNO3S. The predicted molar refractivity (Wildman–Crippen MR) is 70.0 cm³/mol. The summed E-state index contributed by atoms with van der Waals surface area (Å²) in [5.74, 6) is -2.27. The Morgan fingerprint density at radius 2 is 1.82 bits per heavy atom. The molecule has 1 aliphatic rings. The summed E-state index contributed by atoms with van der Waals surface area (Å²) in [7, 11) is 0. The van der Waals surface area contributed by atoms with E-state index in [2.05, 4.69) is 0 Å². The molecule has 1 aliphatic carbocycles. The quantitative estimate of drug-likeness (QED) is 0.486. The Bertz CT molecular complexity index is 339. The minimum atomic E-state index is -1.05. The summed E-state index contributed by atoms with van der Waals surface area (Å²) in [6, 6.07) is 0. The van der Waals surface area contributed by atoms with E-state index in [9.17, 15) is 14.4 Å². The molecule has 0 atom stereocenters. The first kappa shape index (κ1) is 16.3. The molecule has 1 N–H and O–H groups in total. The van der Waals surface area contributed by atoms with Gasteiger partial charge in [-0.25, -0.2) is 0 Å². The van der Waals surface area contributed by atoms with Crippen LogP contribution in [0.2, 0.25) is 0 Å². The van der Waals surface area contributed by atoms with Crippen LogP contribution < -0.4 is 0 Å². The van der Waals surface area contributed by atoms with E-state index in [0.717, 1.165) is 0 Å². The third-order valence-corrected chi connectivity index (χ3v) is 3.57. The second kappa shape index (κ2) is 6.91. The molecule has 0 aromatic carbocycles. The number of carbonyl (C=O) groups excluding carboxylic acids is 3. The zero-order valence-electron chi connectivity index (χ0n) is 9.82. The summed E-state index contributed by atoms with van der Waals surface area (Å²) in [6.07, 6.45) is 2.27. The highest BCUT2D eigenvalue weighted by Gasteiger charge is 2.40. The fourth-order valence-corrected chi connectivity index (χ4v) is 2.39. The van der Waals surface area contributed by atoms with Gasteiger partial charge in [0.15, 0.2) is 17.3 Å². The molecule has 0 unspecified atom stereocenters. The van der Waals surface area contributed by atoms with E-state index < -0.39 is 5.92 Å². The zero-order valence-corrected chi connectivity index (χ0v) is 11.5. The molecular weight excluding hydrogens is 262 g/mol. The molecule has 1 fully saturated rings. The minimum Gasteiger partial charge on any atom is -0.298 e. The molecule has 0 spiro atoms. The summed E-state index contributed by atoms with van der Waals surface area (Å²) >= 11 is 1.24. The van der Waals surface area contributed by atoms with Gasteiger partial charge >= 0.3 is 0 Å². The van der Waals surface area contributed by atoms with Crippen LogP contribution in [-0.2, 0) is 14.4 Å². The monoisotopic (exact) mass is 277 g/mol. The van der Waals surface area contributed by atoms with Gasteiger partial charge < -0.3 is 0 Å². The van der Waals surface area contributed by atoms with E-state index in [1.165, 1.54) is 11.8 Å². The van der Waals surface area contributed by atoms with Crippen LogP contribution >= 0.6 is 24.2 Å². The van der Waals surface area contributed by atoms with E-state index in [-0.39, 0.29) is 54.9 Å². The molecule has 1 saturated carbocycles. The molecule has 6 heteroatoms. The molecule has 0 radical (unpaired) electrons. The van der Waals surface area contributed by atoms with Crippen LogP contribution in [0.15, 0.2) is 0 Å². The van der Waals surface area contributed by atoms with E-state index in [4.69, 9.17) is 5.41 Å². The molecule has 0 saturated heterocycles. The SMILES string of the molecule is CCC(=O)C1C(=O)CC(C(=N)SC)CC1=O.Cl. The van der Waals surface area contributed by atoms with Crippen LogP contribution in [0, 0.1) is 17.2 Å². The molecule has 0 aliphatic heterocycles. The van der Waals surface area contributed by atoms with Gasteiger partial charge in [0.25, 0.3) is 0 Å². The first-order chi connectivity index (χ1) is 7.51. The van der Waals surface area contributed by atoms with Crippen molar-refractivity contribution in [1.29, 1.82) is 5.41 Å². The lowest BCUT2D eigenvalue weighted by Gasteiger charge is -2.25. The molecule has 17 heavy (non-hydrogen) atoms. The van der Waals surface area contributed by atoms with Crippen molar-refractivity contribution in [3.05, 3.63) is 0 Å². The summed E-state index contributed by atoms with van der Waals surface area (Å²) in [5, 5.41) is 7.95. The number of rotatable bonds is 3. The molecule has 0 amide bonds. The zero-order chi connectivity index (χ0) is 12.3. The van der Waals surface area contributed by atoms with Crippen molar-refractivity contribution in [1.82, 2.24) is 0 Å². The number of thioether (sulfide) groups is 1. The molecule has 0 aromatic rings. The van der Waals surface area contributed by atoms with Crippen LogP contribution in [0.25, 0.3) is 0 Å². The van der Waals surface area contributed by atoms with Crippen LogP contribution in [0.5, 0.6) is 0 Å². The van der Waals surface area contributed by atoms with Gasteiger partial charge in [-0.15, -0.1) is 24.2 Å². The Kier molecular flexibility index (Phi) is 6.64. The number of carbonyl (C=O) groups is 3. The van der Waals surface area contributed by atoms with Gasteiger partial charge in [-0.2, -0.15) is 0 Å². The lowest BCUT2D eigenvalue weighted by molar-refractivity contribution is -0.142. The third kappa shape index (κ3) is 3.64. The highest BCUT2D eigenvalue weighted by Crippen LogP contribution is 2.27. The first-order valence-electron chi connectivity index (χ1n) is 5.21. The summed E-state index contributed by atoms with van der Waals surface area (Å²) in [4.78, 5) is 34.8. The summed E-state index contributed by atoms with van der Waals surface area (Å²) in [5.41, 5.74) is 0. The van der Waals surface area contributed by atoms with E-state index in [0.29, 0.717) is 5.04 Å². The topological polar surface area (TPSA) is 75.1 Å². The van der Waals surface area contributed by atoms with Crippen molar-refractivity contribution in [2.24, 2.45) is 11.8 Å². The Morgan fingerprint density at radius 1 is 1.35 bits per heavy atom. The number of Topliss-reactive ketones (excluding diaryl/α,β-unsaturated/α-hetero) is 3. The number of hydrogen-bond acceptors (Lipinski definition) is 5. The van der Waals surface area contributed by atoms with Gasteiger partial charge in [0.2, 0.25) is 0 Å². The van der Waals surface area contributed by atoms with Gasteiger partial charge in [-0.3, -0.25) is 19.8 Å².